The van der Waals surface area contributed by atoms with Crippen molar-refractivity contribution in [1.82, 2.24) is 9.21 Å². The molecule has 0 bridgehead atoms. The summed E-state index contributed by atoms with van der Waals surface area (Å²) >= 11 is 2.01. The molecule has 0 aromatic heterocycles. The minimum atomic E-state index is 1.24. The van der Waals surface area contributed by atoms with Crippen molar-refractivity contribution in [2.45, 2.75) is 12.8 Å². The highest BCUT2D eigenvalue weighted by molar-refractivity contribution is 7.96. The van der Waals surface area contributed by atoms with Crippen molar-refractivity contribution in [2.24, 2.45) is 0 Å². The van der Waals surface area contributed by atoms with Gasteiger partial charge in [-0.15, -0.1) is 0 Å². The summed E-state index contributed by atoms with van der Waals surface area (Å²) in [6.07, 6.45) is 2.83. The molecule has 2 fully saturated rings. The molecular formula is C7H14N2S. The molecule has 0 atom stereocenters. The van der Waals surface area contributed by atoms with Crippen LogP contribution in [0.25, 0.3) is 0 Å². The first-order valence-corrected chi connectivity index (χ1v) is 4.99. The second-order valence-corrected chi connectivity index (χ2v) is 4.05. The maximum absolute atomic E-state index is 2.50. The van der Waals surface area contributed by atoms with E-state index in [2.05, 4.69) is 9.21 Å². The van der Waals surface area contributed by atoms with Gasteiger partial charge in [0, 0.05) is 26.2 Å². The number of rotatable bonds is 3. The van der Waals surface area contributed by atoms with E-state index < -0.39 is 0 Å². The molecule has 2 rings (SSSR count). The summed E-state index contributed by atoms with van der Waals surface area (Å²) in [6.45, 7) is 5.30. The lowest BCUT2D eigenvalue weighted by atomic mass is 10.2. The van der Waals surface area contributed by atoms with E-state index in [1.807, 2.05) is 11.9 Å². The molecule has 0 aromatic carbocycles. The zero-order chi connectivity index (χ0) is 6.81. The highest BCUT2D eigenvalue weighted by Crippen LogP contribution is 2.21. The number of hydrogen-bond donors (Lipinski definition) is 0. The molecule has 0 unspecified atom stereocenters. The van der Waals surface area contributed by atoms with Crippen LogP contribution in [0.15, 0.2) is 0 Å². The van der Waals surface area contributed by atoms with Gasteiger partial charge in [0.25, 0.3) is 0 Å². The lowest BCUT2D eigenvalue weighted by Gasteiger charge is -2.35. The Morgan fingerprint density at radius 3 is 2.10 bits per heavy atom. The molecule has 2 nitrogen and oxygen atoms in total. The van der Waals surface area contributed by atoms with Crippen LogP contribution < -0.4 is 0 Å². The van der Waals surface area contributed by atoms with Crippen LogP contribution in [0.1, 0.15) is 12.8 Å². The predicted octanol–water partition coefficient (Wildman–Crippen LogP) is 1.00. The molecule has 2 aliphatic heterocycles. The number of likely N-dealkylation sites (tertiary alicyclic amines) is 1. The molecule has 0 aliphatic carbocycles. The maximum atomic E-state index is 2.50. The fourth-order valence-corrected chi connectivity index (χ4v) is 2.19. The summed E-state index contributed by atoms with van der Waals surface area (Å²) in [5, 5.41) is 0. The normalized spacial score (nSPS) is 27.6. The highest BCUT2D eigenvalue weighted by Gasteiger charge is 2.18. The molecule has 0 radical (unpaired) electrons. The first kappa shape index (κ1) is 6.95. The Morgan fingerprint density at radius 1 is 1.00 bits per heavy atom. The van der Waals surface area contributed by atoms with Gasteiger partial charge in [-0.2, -0.15) is 0 Å². The first-order chi connectivity index (χ1) is 4.95. The molecular weight excluding hydrogens is 144 g/mol. The van der Waals surface area contributed by atoms with Crippen molar-refractivity contribution in [3.05, 3.63) is 0 Å². The Balaban J connectivity index is 1.54. The van der Waals surface area contributed by atoms with E-state index in [0.29, 0.717) is 0 Å². The third kappa shape index (κ3) is 1.47. The second-order valence-electron chi connectivity index (χ2n) is 3.01. The lowest BCUT2D eigenvalue weighted by Crippen LogP contribution is -2.39. The Bertz CT molecular complexity index is 96.2. The van der Waals surface area contributed by atoms with Crippen LogP contribution in [0.2, 0.25) is 0 Å². The summed E-state index contributed by atoms with van der Waals surface area (Å²) in [5.74, 6) is 1.24. The molecule has 58 valence electrons. The quantitative estimate of drug-likeness (QED) is 0.566. The summed E-state index contributed by atoms with van der Waals surface area (Å²) in [7, 11) is 0. The Morgan fingerprint density at radius 2 is 1.70 bits per heavy atom. The zero-order valence-electron chi connectivity index (χ0n) is 6.25. The number of nitrogens with zero attached hydrogens (tertiary/aromatic N) is 2. The Labute approximate surface area is 66.7 Å². The topological polar surface area (TPSA) is 6.48 Å². The fraction of sp³-hybridized carbons (Fsp3) is 1.00. The van der Waals surface area contributed by atoms with Crippen LogP contribution in [0.5, 0.6) is 0 Å². The molecule has 2 saturated heterocycles. The van der Waals surface area contributed by atoms with Crippen molar-refractivity contribution in [1.29, 1.82) is 0 Å². The first-order valence-electron chi connectivity index (χ1n) is 4.05. The number of hydrogen-bond acceptors (Lipinski definition) is 3. The van der Waals surface area contributed by atoms with Gasteiger partial charge in [0.15, 0.2) is 0 Å². The van der Waals surface area contributed by atoms with E-state index in [1.54, 1.807) is 0 Å². The maximum Gasteiger partial charge on any atom is 0.0592 e. The lowest BCUT2D eigenvalue weighted by molar-refractivity contribution is 0.214. The average molecular weight is 158 g/mol. The van der Waals surface area contributed by atoms with Gasteiger partial charge >= 0.3 is 0 Å². The zero-order valence-corrected chi connectivity index (χ0v) is 7.07. The fourth-order valence-electron chi connectivity index (χ4n) is 1.09. The SMILES string of the molecule is C1CN(CSN2CCC2)C1. The van der Waals surface area contributed by atoms with Crippen LogP contribution in [0.3, 0.4) is 0 Å². The molecule has 0 spiro atoms. The van der Waals surface area contributed by atoms with E-state index >= 15 is 0 Å². The van der Waals surface area contributed by atoms with Crippen LogP contribution >= 0.6 is 11.9 Å². The highest BCUT2D eigenvalue weighted by atomic mass is 32.2. The third-order valence-corrected chi connectivity index (χ3v) is 3.40. The molecule has 0 saturated carbocycles. The van der Waals surface area contributed by atoms with Crippen molar-refractivity contribution in [2.75, 3.05) is 32.1 Å². The Kier molecular flexibility index (Phi) is 2.16. The summed E-state index contributed by atoms with van der Waals surface area (Å²) in [6, 6.07) is 0. The van der Waals surface area contributed by atoms with Gasteiger partial charge in [-0.25, -0.2) is 4.31 Å². The van der Waals surface area contributed by atoms with Gasteiger partial charge in [0.2, 0.25) is 0 Å². The predicted molar refractivity (Wildman–Crippen MR) is 44.8 cm³/mol. The summed E-state index contributed by atoms with van der Waals surface area (Å²) in [5.41, 5.74) is 0. The monoisotopic (exact) mass is 158 g/mol. The van der Waals surface area contributed by atoms with E-state index in [-0.39, 0.29) is 0 Å². The van der Waals surface area contributed by atoms with E-state index in [0.717, 1.165) is 0 Å². The van der Waals surface area contributed by atoms with Crippen LogP contribution in [-0.2, 0) is 0 Å². The minimum absolute atomic E-state index is 1.24. The summed E-state index contributed by atoms with van der Waals surface area (Å²) in [4.78, 5) is 2.50. The molecule has 2 aliphatic rings. The van der Waals surface area contributed by atoms with Crippen LogP contribution in [-0.4, -0.2) is 41.3 Å². The summed E-state index contributed by atoms with van der Waals surface area (Å²) < 4.78 is 2.46. The van der Waals surface area contributed by atoms with Crippen molar-refractivity contribution >= 4 is 11.9 Å². The van der Waals surface area contributed by atoms with Gasteiger partial charge in [-0.3, -0.25) is 4.90 Å². The van der Waals surface area contributed by atoms with Crippen molar-refractivity contribution in [3.63, 3.8) is 0 Å². The van der Waals surface area contributed by atoms with Crippen LogP contribution in [0, 0.1) is 0 Å². The standard InChI is InChI=1S/C7H14N2S/c1-3-8(4-1)7-10-9-5-2-6-9/h1-7H2. The van der Waals surface area contributed by atoms with Crippen molar-refractivity contribution in [3.8, 4) is 0 Å². The van der Waals surface area contributed by atoms with E-state index in [1.165, 1.54) is 44.9 Å². The molecule has 0 N–H and O–H groups in total. The van der Waals surface area contributed by atoms with E-state index in [4.69, 9.17) is 0 Å². The smallest absolute Gasteiger partial charge is 0.0592 e. The third-order valence-electron chi connectivity index (χ3n) is 2.19. The molecule has 0 amide bonds. The van der Waals surface area contributed by atoms with E-state index in [9.17, 15) is 0 Å². The minimum Gasteiger partial charge on any atom is -0.293 e. The molecule has 10 heavy (non-hydrogen) atoms. The van der Waals surface area contributed by atoms with Crippen LogP contribution in [0.4, 0.5) is 0 Å². The van der Waals surface area contributed by atoms with Gasteiger partial charge in [0.1, 0.15) is 0 Å². The largest absolute Gasteiger partial charge is 0.293 e. The molecule has 2 heterocycles. The Hall–Kier alpha value is 0.270. The molecule has 3 heteroatoms. The average Bonchev–Trinajstić information content (AvgIpc) is 1.70. The molecule has 0 aromatic rings. The van der Waals surface area contributed by atoms with Gasteiger partial charge in [-0.1, -0.05) is 11.9 Å². The van der Waals surface area contributed by atoms with Gasteiger partial charge in [0.05, 0.1) is 5.88 Å². The van der Waals surface area contributed by atoms with Crippen molar-refractivity contribution < 1.29 is 0 Å². The second kappa shape index (κ2) is 3.11. The van der Waals surface area contributed by atoms with Gasteiger partial charge in [-0.05, 0) is 12.8 Å². The van der Waals surface area contributed by atoms with Gasteiger partial charge < -0.3 is 0 Å².